The van der Waals surface area contributed by atoms with E-state index in [1.165, 1.54) is 16.2 Å². The van der Waals surface area contributed by atoms with Crippen molar-refractivity contribution >= 4 is 28.8 Å². The fourth-order valence-corrected chi connectivity index (χ4v) is 2.92. The first-order valence-corrected chi connectivity index (χ1v) is 6.55. The number of nitrogen functional groups attached to an aromatic ring is 1. The van der Waals surface area contributed by atoms with Crippen molar-refractivity contribution < 1.29 is 9.59 Å². The Hall–Kier alpha value is -2.21. The molecule has 0 fully saturated rings. The summed E-state index contributed by atoms with van der Waals surface area (Å²) >= 11 is 1.47. The second-order valence-corrected chi connectivity index (χ2v) is 5.63. The van der Waals surface area contributed by atoms with Gasteiger partial charge in [0.25, 0.3) is 11.8 Å². The van der Waals surface area contributed by atoms with E-state index in [1.807, 2.05) is 6.92 Å². The molecule has 2 heterocycles. The first-order valence-electron chi connectivity index (χ1n) is 5.74. The molecule has 1 aromatic heterocycles. The molecule has 1 aliphatic heterocycles. The lowest BCUT2D eigenvalue weighted by molar-refractivity contribution is 0.0644. The normalized spacial score (nSPS) is 14.1. The molecule has 96 valence electrons. The number of carbonyl (C=O) groups is 2. The first kappa shape index (κ1) is 11.9. The Labute approximate surface area is 113 Å². The van der Waals surface area contributed by atoms with Crippen molar-refractivity contribution in [3.05, 3.63) is 45.4 Å². The zero-order chi connectivity index (χ0) is 13.6. The molecular formula is C13H11N3O2S. The molecule has 6 heteroatoms. The van der Waals surface area contributed by atoms with Crippen LogP contribution in [-0.4, -0.2) is 21.7 Å². The Bertz CT molecular complexity index is 693. The molecule has 2 amide bonds. The van der Waals surface area contributed by atoms with Gasteiger partial charge < -0.3 is 5.73 Å². The van der Waals surface area contributed by atoms with Crippen molar-refractivity contribution in [1.29, 1.82) is 0 Å². The van der Waals surface area contributed by atoms with Crippen LogP contribution < -0.4 is 5.73 Å². The molecule has 0 aliphatic carbocycles. The average molecular weight is 273 g/mol. The monoisotopic (exact) mass is 273 g/mol. The minimum Gasteiger partial charge on any atom is -0.398 e. The molecule has 3 rings (SSSR count). The number of fused-ring (bicyclic) bond motifs is 1. The predicted octanol–water partition coefficient (Wildman–Crippen LogP) is 1.83. The van der Waals surface area contributed by atoms with Gasteiger partial charge in [0.05, 0.1) is 22.7 Å². The summed E-state index contributed by atoms with van der Waals surface area (Å²) in [7, 11) is 0. The van der Waals surface area contributed by atoms with Crippen LogP contribution in [0.5, 0.6) is 0 Å². The van der Waals surface area contributed by atoms with E-state index < -0.39 is 0 Å². The number of aromatic nitrogens is 1. The molecule has 0 radical (unpaired) electrons. The molecule has 0 spiro atoms. The maximum absolute atomic E-state index is 12.2. The van der Waals surface area contributed by atoms with Crippen LogP contribution in [0.4, 0.5) is 5.69 Å². The van der Waals surface area contributed by atoms with Crippen LogP contribution >= 0.6 is 11.3 Å². The van der Waals surface area contributed by atoms with Crippen molar-refractivity contribution in [3.63, 3.8) is 0 Å². The largest absolute Gasteiger partial charge is 0.398 e. The summed E-state index contributed by atoms with van der Waals surface area (Å²) in [5.74, 6) is -0.623. The predicted molar refractivity (Wildman–Crippen MR) is 71.9 cm³/mol. The lowest BCUT2D eigenvalue weighted by Gasteiger charge is -2.11. The zero-order valence-corrected chi connectivity index (χ0v) is 11.0. The van der Waals surface area contributed by atoms with Gasteiger partial charge in [-0.15, -0.1) is 11.3 Å². The molecule has 2 N–H and O–H groups in total. The highest BCUT2D eigenvalue weighted by Crippen LogP contribution is 2.29. The molecule has 0 bridgehead atoms. The number of imide groups is 1. The standard InChI is InChI=1S/C13H11N3O2S/c1-7-15-5-8(19-7)6-16-12(17)9-3-2-4-10(14)11(9)13(16)18/h2-5H,6,14H2,1H3. The van der Waals surface area contributed by atoms with E-state index in [9.17, 15) is 9.59 Å². The van der Waals surface area contributed by atoms with E-state index in [1.54, 1.807) is 24.4 Å². The number of thiazole rings is 1. The molecule has 0 atom stereocenters. The van der Waals surface area contributed by atoms with Gasteiger partial charge >= 0.3 is 0 Å². The van der Waals surface area contributed by atoms with Crippen LogP contribution in [0, 0.1) is 6.92 Å². The zero-order valence-electron chi connectivity index (χ0n) is 10.2. The highest BCUT2D eigenvalue weighted by atomic mass is 32.1. The Kier molecular flexibility index (Phi) is 2.60. The summed E-state index contributed by atoms with van der Waals surface area (Å²) in [6, 6.07) is 4.94. The maximum atomic E-state index is 12.2. The molecule has 0 unspecified atom stereocenters. The summed E-state index contributed by atoms with van der Waals surface area (Å²) in [6.45, 7) is 2.13. The molecule has 1 aromatic carbocycles. The van der Waals surface area contributed by atoms with Crippen molar-refractivity contribution in [2.45, 2.75) is 13.5 Å². The molecule has 0 saturated heterocycles. The number of benzene rings is 1. The molecule has 19 heavy (non-hydrogen) atoms. The number of hydrogen-bond acceptors (Lipinski definition) is 5. The molecule has 2 aromatic rings. The van der Waals surface area contributed by atoms with Crippen LogP contribution in [0.15, 0.2) is 24.4 Å². The lowest BCUT2D eigenvalue weighted by Crippen LogP contribution is -2.28. The number of hydrogen-bond donors (Lipinski definition) is 1. The van der Waals surface area contributed by atoms with Gasteiger partial charge in [0.1, 0.15) is 0 Å². The smallest absolute Gasteiger partial charge is 0.263 e. The molecule has 0 saturated carbocycles. The highest BCUT2D eigenvalue weighted by Gasteiger charge is 2.37. The van der Waals surface area contributed by atoms with Crippen molar-refractivity contribution in [1.82, 2.24) is 9.88 Å². The fourth-order valence-electron chi connectivity index (χ4n) is 2.14. The van der Waals surface area contributed by atoms with Gasteiger partial charge in [-0.05, 0) is 19.1 Å². The van der Waals surface area contributed by atoms with E-state index in [2.05, 4.69) is 4.98 Å². The quantitative estimate of drug-likeness (QED) is 0.669. The highest BCUT2D eigenvalue weighted by molar-refractivity contribution is 7.11. The third-order valence-corrected chi connectivity index (χ3v) is 3.91. The minimum atomic E-state index is -0.329. The van der Waals surface area contributed by atoms with Crippen LogP contribution in [0.3, 0.4) is 0 Å². The van der Waals surface area contributed by atoms with Gasteiger partial charge in [-0.3, -0.25) is 14.5 Å². The number of nitrogens with zero attached hydrogens (tertiary/aromatic N) is 2. The number of nitrogens with two attached hydrogens (primary N) is 1. The van der Waals surface area contributed by atoms with E-state index in [0.717, 1.165) is 9.88 Å². The van der Waals surface area contributed by atoms with E-state index in [0.29, 0.717) is 16.8 Å². The summed E-state index contributed by atoms with van der Waals surface area (Å²) < 4.78 is 0. The first-order chi connectivity index (χ1) is 9.08. The minimum absolute atomic E-state index is 0.247. The number of aryl methyl sites for hydroxylation is 1. The van der Waals surface area contributed by atoms with Crippen molar-refractivity contribution in [3.8, 4) is 0 Å². The Balaban J connectivity index is 1.97. The molecule has 1 aliphatic rings. The summed E-state index contributed by atoms with van der Waals surface area (Å²) in [6.07, 6.45) is 1.69. The second-order valence-electron chi connectivity index (χ2n) is 4.31. The summed E-state index contributed by atoms with van der Waals surface area (Å²) in [4.78, 5) is 30.7. The Morgan fingerprint density at radius 2 is 2.11 bits per heavy atom. The number of carbonyl (C=O) groups excluding carboxylic acids is 2. The summed E-state index contributed by atoms with van der Waals surface area (Å²) in [5, 5.41) is 0.908. The molecule has 5 nitrogen and oxygen atoms in total. The Morgan fingerprint density at radius 1 is 1.32 bits per heavy atom. The lowest BCUT2D eigenvalue weighted by atomic mass is 10.1. The average Bonchev–Trinajstić information content (AvgIpc) is 2.88. The van der Waals surface area contributed by atoms with Crippen molar-refractivity contribution in [2.75, 3.05) is 5.73 Å². The van der Waals surface area contributed by atoms with Crippen molar-refractivity contribution in [2.24, 2.45) is 0 Å². The van der Waals surface area contributed by atoms with E-state index in [4.69, 9.17) is 5.73 Å². The van der Waals surface area contributed by atoms with Crippen LogP contribution in [0.2, 0.25) is 0 Å². The van der Waals surface area contributed by atoms with Gasteiger partial charge in [0.2, 0.25) is 0 Å². The fraction of sp³-hybridized carbons (Fsp3) is 0.154. The second kappa shape index (κ2) is 4.17. The van der Waals surface area contributed by atoms with E-state index in [-0.39, 0.29) is 18.4 Å². The van der Waals surface area contributed by atoms with Crippen LogP contribution in [0.25, 0.3) is 0 Å². The summed E-state index contributed by atoms with van der Waals surface area (Å²) in [5.41, 5.74) is 6.82. The number of rotatable bonds is 2. The third-order valence-electron chi connectivity index (χ3n) is 3.01. The van der Waals surface area contributed by atoms with Gasteiger partial charge in [-0.1, -0.05) is 6.07 Å². The van der Waals surface area contributed by atoms with Gasteiger partial charge in [0, 0.05) is 16.8 Å². The van der Waals surface area contributed by atoms with Gasteiger partial charge in [0.15, 0.2) is 0 Å². The topological polar surface area (TPSA) is 76.3 Å². The third kappa shape index (κ3) is 1.80. The van der Waals surface area contributed by atoms with Crippen LogP contribution in [0.1, 0.15) is 30.6 Å². The van der Waals surface area contributed by atoms with Gasteiger partial charge in [-0.25, -0.2) is 4.98 Å². The number of anilines is 1. The SMILES string of the molecule is Cc1ncc(CN2C(=O)c3cccc(N)c3C2=O)s1. The number of amides is 2. The molecular weight excluding hydrogens is 262 g/mol. The Morgan fingerprint density at radius 3 is 2.74 bits per heavy atom. The van der Waals surface area contributed by atoms with Gasteiger partial charge in [-0.2, -0.15) is 0 Å². The maximum Gasteiger partial charge on any atom is 0.263 e. The van der Waals surface area contributed by atoms with Crippen LogP contribution in [-0.2, 0) is 6.54 Å². The van der Waals surface area contributed by atoms with E-state index >= 15 is 0 Å².